The largest absolute Gasteiger partial charge is 0.494 e. The van der Waals surface area contributed by atoms with Gasteiger partial charge in [0.05, 0.1) is 17.9 Å². The maximum atomic E-state index is 12.7. The lowest BCUT2D eigenvalue weighted by Crippen LogP contribution is -2.11. The molecular formula is C24H25F3N2O2. The van der Waals surface area contributed by atoms with Gasteiger partial charge in [0.1, 0.15) is 11.5 Å². The summed E-state index contributed by atoms with van der Waals surface area (Å²) in [5, 5.41) is 6.39. The molecule has 0 bridgehead atoms. The Morgan fingerprint density at radius 2 is 1.52 bits per heavy atom. The molecule has 0 heterocycles. The van der Waals surface area contributed by atoms with E-state index in [2.05, 4.69) is 10.6 Å². The highest BCUT2D eigenvalue weighted by Crippen LogP contribution is 2.33. The molecular weight excluding hydrogens is 405 g/mol. The molecule has 7 heteroatoms. The van der Waals surface area contributed by atoms with Crippen LogP contribution in [-0.2, 0) is 12.7 Å². The van der Waals surface area contributed by atoms with Gasteiger partial charge in [-0.15, -0.1) is 0 Å². The molecule has 31 heavy (non-hydrogen) atoms. The van der Waals surface area contributed by atoms with Crippen LogP contribution in [0, 0.1) is 0 Å². The van der Waals surface area contributed by atoms with Gasteiger partial charge in [0, 0.05) is 6.54 Å². The number of para-hydroxylation sites is 2. The Labute approximate surface area is 180 Å². The lowest BCUT2D eigenvalue weighted by Gasteiger charge is -2.14. The Bertz CT molecular complexity index is 942. The highest BCUT2D eigenvalue weighted by Gasteiger charge is 2.30. The summed E-state index contributed by atoms with van der Waals surface area (Å²) in [5.41, 5.74) is 1.10. The zero-order chi connectivity index (χ0) is 22.1. The SMILES string of the molecule is CNCCCOc1ccc(CNc2ccccc2Oc2ccc(C(F)(F)F)cc2)cc1. The van der Waals surface area contributed by atoms with Crippen molar-refractivity contribution >= 4 is 5.69 Å². The number of nitrogens with one attached hydrogen (secondary N) is 2. The van der Waals surface area contributed by atoms with Crippen molar-refractivity contribution < 1.29 is 22.6 Å². The molecule has 0 aliphatic carbocycles. The molecule has 0 atom stereocenters. The van der Waals surface area contributed by atoms with E-state index in [0.29, 0.717) is 24.7 Å². The lowest BCUT2D eigenvalue weighted by atomic mass is 10.2. The standard InChI is InChI=1S/C24H25F3N2O2/c1-28-15-4-16-30-20-11-7-18(8-12-20)17-29-22-5-2-3-6-23(22)31-21-13-9-19(10-14-21)24(25,26)27/h2-3,5-14,28-29H,4,15-17H2,1H3. The van der Waals surface area contributed by atoms with Gasteiger partial charge in [-0.1, -0.05) is 24.3 Å². The fourth-order valence-corrected chi connectivity index (χ4v) is 2.88. The average molecular weight is 430 g/mol. The molecule has 0 spiro atoms. The number of halogens is 3. The minimum Gasteiger partial charge on any atom is -0.494 e. The van der Waals surface area contributed by atoms with Crippen LogP contribution in [0.15, 0.2) is 72.8 Å². The van der Waals surface area contributed by atoms with Crippen molar-refractivity contribution in [2.45, 2.75) is 19.1 Å². The van der Waals surface area contributed by atoms with E-state index >= 15 is 0 Å². The molecule has 4 nitrogen and oxygen atoms in total. The van der Waals surface area contributed by atoms with Crippen LogP contribution in [0.1, 0.15) is 17.5 Å². The number of hydrogen-bond donors (Lipinski definition) is 2. The monoisotopic (exact) mass is 430 g/mol. The molecule has 3 aromatic rings. The zero-order valence-electron chi connectivity index (χ0n) is 17.2. The van der Waals surface area contributed by atoms with Crippen LogP contribution >= 0.6 is 0 Å². The van der Waals surface area contributed by atoms with Crippen molar-refractivity contribution in [3.63, 3.8) is 0 Å². The van der Waals surface area contributed by atoms with Gasteiger partial charge in [0.15, 0.2) is 5.75 Å². The second kappa shape index (κ2) is 10.7. The number of benzene rings is 3. The molecule has 0 saturated carbocycles. The van der Waals surface area contributed by atoms with Crippen LogP contribution in [0.3, 0.4) is 0 Å². The van der Waals surface area contributed by atoms with Gasteiger partial charge in [-0.25, -0.2) is 0 Å². The predicted octanol–water partition coefficient (Wildman–Crippen LogP) is 6.10. The first-order valence-electron chi connectivity index (χ1n) is 10.00. The van der Waals surface area contributed by atoms with Crippen LogP contribution in [0.2, 0.25) is 0 Å². The van der Waals surface area contributed by atoms with Crippen molar-refractivity contribution in [3.05, 3.63) is 83.9 Å². The Morgan fingerprint density at radius 1 is 0.839 bits per heavy atom. The normalized spacial score (nSPS) is 11.2. The molecule has 0 unspecified atom stereocenters. The van der Waals surface area contributed by atoms with Crippen LogP contribution in [0.5, 0.6) is 17.2 Å². The van der Waals surface area contributed by atoms with Crippen molar-refractivity contribution in [3.8, 4) is 17.2 Å². The first-order chi connectivity index (χ1) is 15.0. The third-order valence-electron chi connectivity index (χ3n) is 4.54. The van der Waals surface area contributed by atoms with Gasteiger partial charge < -0.3 is 20.1 Å². The van der Waals surface area contributed by atoms with Crippen LogP contribution < -0.4 is 20.1 Å². The number of rotatable bonds is 10. The summed E-state index contributed by atoms with van der Waals surface area (Å²) in [5.74, 6) is 1.69. The Morgan fingerprint density at radius 3 is 2.19 bits per heavy atom. The second-order valence-electron chi connectivity index (χ2n) is 6.92. The van der Waals surface area contributed by atoms with E-state index in [1.807, 2.05) is 49.5 Å². The smallest absolute Gasteiger partial charge is 0.416 e. The summed E-state index contributed by atoms with van der Waals surface area (Å²) in [7, 11) is 1.91. The summed E-state index contributed by atoms with van der Waals surface area (Å²) in [6.07, 6.45) is -3.43. The topological polar surface area (TPSA) is 42.5 Å². The summed E-state index contributed by atoms with van der Waals surface area (Å²) in [6, 6.07) is 19.8. The Hall–Kier alpha value is -3.19. The van der Waals surface area contributed by atoms with Crippen molar-refractivity contribution in [2.75, 3.05) is 25.5 Å². The van der Waals surface area contributed by atoms with E-state index in [4.69, 9.17) is 9.47 Å². The molecule has 0 fully saturated rings. The predicted molar refractivity (Wildman–Crippen MR) is 116 cm³/mol. The van der Waals surface area contributed by atoms with Crippen molar-refractivity contribution in [2.24, 2.45) is 0 Å². The third-order valence-corrected chi connectivity index (χ3v) is 4.54. The van der Waals surface area contributed by atoms with Gasteiger partial charge in [-0.2, -0.15) is 13.2 Å². The minimum atomic E-state index is -4.37. The molecule has 0 aromatic heterocycles. The van der Waals surface area contributed by atoms with Crippen LogP contribution in [0.25, 0.3) is 0 Å². The molecule has 2 N–H and O–H groups in total. The average Bonchev–Trinajstić information content (AvgIpc) is 2.77. The van der Waals surface area contributed by atoms with Crippen LogP contribution in [-0.4, -0.2) is 20.2 Å². The second-order valence-corrected chi connectivity index (χ2v) is 6.92. The fourth-order valence-electron chi connectivity index (χ4n) is 2.88. The molecule has 0 aliphatic heterocycles. The summed E-state index contributed by atoms with van der Waals surface area (Å²) in [4.78, 5) is 0. The minimum absolute atomic E-state index is 0.335. The summed E-state index contributed by atoms with van der Waals surface area (Å²) >= 11 is 0. The molecule has 0 aliphatic rings. The highest BCUT2D eigenvalue weighted by molar-refractivity contribution is 5.57. The molecule has 164 valence electrons. The maximum absolute atomic E-state index is 12.7. The lowest BCUT2D eigenvalue weighted by molar-refractivity contribution is -0.137. The molecule has 3 rings (SSSR count). The van der Waals surface area contributed by atoms with Crippen molar-refractivity contribution in [1.29, 1.82) is 0 Å². The van der Waals surface area contributed by atoms with E-state index in [1.165, 1.54) is 12.1 Å². The molecule has 3 aromatic carbocycles. The van der Waals surface area contributed by atoms with Gasteiger partial charge in [0.2, 0.25) is 0 Å². The number of hydrogen-bond acceptors (Lipinski definition) is 4. The number of ether oxygens (including phenoxy) is 2. The van der Waals surface area contributed by atoms with E-state index < -0.39 is 11.7 Å². The van der Waals surface area contributed by atoms with Gasteiger partial charge in [-0.05, 0) is 74.1 Å². The van der Waals surface area contributed by atoms with Gasteiger partial charge >= 0.3 is 6.18 Å². The van der Waals surface area contributed by atoms with Gasteiger partial charge in [0.25, 0.3) is 0 Å². The van der Waals surface area contributed by atoms with E-state index in [9.17, 15) is 13.2 Å². The first kappa shape index (κ1) is 22.5. The van der Waals surface area contributed by atoms with Gasteiger partial charge in [-0.3, -0.25) is 0 Å². The zero-order valence-corrected chi connectivity index (χ0v) is 17.2. The fraction of sp³-hybridized carbons (Fsp3) is 0.250. The van der Waals surface area contributed by atoms with E-state index in [-0.39, 0.29) is 0 Å². The Kier molecular flexibility index (Phi) is 7.78. The summed E-state index contributed by atoms with van der Waals surface area (Å²) in [6.45, 7) is 2.14. The number of alkyl halides is 3. The molecule has 0 saturated heterocycles. The Balaban J connectivity index is 1.58. The van der Waals surface area contributed by atoms with Crippen LogP contribution in [0.4, 0.5) is 18.9 Å². The third kappa shape index (κ3) is 6.93. The number of anilines is 1. The first-order valence-corrected chi connectivity index (χ1v) is 10.00. The summed E-state index contributed by atoms with van der Waals surface area (Å²) < 4.78 is 49.7. The maximum Gasteiger partial charge on any atom is 0.416 e. The highest BCUT2D eigenvalue weighted by atomic mass is 19.4. The van der Waals surface area contributed by atoms with E-state index in [1.54, 1.807) is 6.07 Å². The quantitative estimate of drug-likeness (QED) is 0.382. The molecule has 0 amide bonds. The van der Waals surface area contributed by atoms with Crippen molar-refractivity contribution in [1.82, 2.24) is 5.32 Å². The molecule has 0 radical (unpaired) electrons. The van der Waals surface area contributed by atoms with E-state index in [0.717, 1.165) is 42.1 Å².